The average Bonchev–Trinajstić information content (AvgIpc) is 1.86. The van der Waals surface area contributed by atoms with Crippen LogP contribution in [0.5, 0.6) is 0 Å². The number of halogens is 1. The zero-order chi connectivity index (χ0) is 8.48. The SMILES string of the molecule is [CH3][Sn]([CH3])([CH3])[c]1cc(F)ccn1. The van der Waals surface area contributed by atoms with Crippen LogP contribution in [0.1, 0.15) is 0 Å². The van der Waals surface area contributed by atoms with Crippen molar-refractivity contribution in [1.29, 1.82) is 0 Å². The van der Waals surface area contributed by atoms with E-state index in [-0.39, 0.29) is 5.82 Å². The van der Waals surface area contributed by atoms with Gasteiger partial charge in [-0.25, -0.2) is 0 Å². The van der Waals surface area contributed by atoms with E-state index in [1.165, 1.54) is 6.07 Å². The molecular weight excluding hydrogens is 248 g/mol. The van der Waals surface area contributed by atoms with Crippen molar-refractivity contribution >= 4 is 22.1 Å². The molecule has 60 valence electrons. The molecule has 0 bridgehead atoms. The number of hydrogen-bond acceptors (Lipinski definition) is 1. The Balaban J connectivity index is 3.06. The molecule has 0 N–H and O–H groups in total. The fourth-order valence-electron chi connectivity index (χ4n) is 0.815. The van der Waals surface area contributed by atoms with E-state index < -0.39 is 18.4 Å². The maximum atomic E-state index is 12.7. The first-order valence-corrected chi connectivity index (χ1v) is 13.6. The van der Waals surface area contributed by atoms with Gasteiger partial charge in [0.05, 0.1) is 0 Å². The van der Waals surface area contributed by atoms with Gasteiger partial charge in [0, 0.05) is 0 Å². The van der Waals surface area contributed by atoms with Crippen LogP contribution in [0.3, 0.4) is 0 Å². The molecule has 0 aromatic carbocycles. The van der Waals surface area contributed by atoms with Crippen molar-refractivity contribution in [1.82, 2.24) is 4.98 Å². The van der Waals surface area contributed by atoms with Crippen molar-refractivity contribution in [3.8, 4) is 0 Å². The van der Waals surface area contributed by atoms with E-state index in [1.807, 2.05) is 0 Å². The Morgan fingerprint density at radius 3 is 2.36 bits per heavy atom. The summed E-state index contributed by atoms with van der Waals surface area (Å²) in [6, 6.07) is 2.96. The van der Waals surface area contributed by atoms with E-state index in [4.69, 9.17) is 0 Å². The number of hydrogen-bond donors (Lipinski definition) is 0. The van der Waals surface area contributed by atoms with Crippen LogP contribution >= 0.6 is 0 Å². The molecule has 0 atom stereocenters. The summed E-state index contributed by atoms with van der Waals surface area (Å²) >= 11 is -2.11. The first-order chi connectivity index (χ1) is 5.00. The summed E-state index contributed by atoms with van der Waals surface area (Å²) in [5.41, 5.74) is 0. The molecular formula is C8H12FNSn. The van der Waals surface area contributed by atoms with Crippen LogP contribution in [0.15, 0.2) is 18.3 Å². The van der Waals surface area contributed by atoms with Crippen LogP contribution in [-0.4, -0.2) is 23.4 Å². The maximum absolute atomic E-state index is 12.7. The monoisotopic (exact) mass is 261 g/mol. The quantitative estimate of drug-likeness (QED) is 0.701. The Bertz CT molecular complexity index is 255. The molecule has 0 aliphatic carbocycles. The van der Waals surface area contributed by atoms with E-state index >= 15 is 0 Å². The molecule has 0 amide bonds. The first-order valence-electron chi connectivity index (χ1n) is 3.62. The molecule has 0 saturated carbocycles. The second-order valence-electron chi connectivity index (χ2n) is 3.61. The summed E-state index contributed by atoms with van der Waals surface area (Å²) in [5, 5.41) is 0. The van der Waals surface area contributed by atoms with Gasteiger partial charge in [-0.1, -0.05) is 0 Å². The third-order valence-electron chi connectivity index (χ3n) is 1.49. The average molecular weight is 260 g/mol. The van der Waals surface area contributed by atoms with Crippen molar-refractivity contribution < 1.29 is 4.39 Å². The van der Waals surface area contributed by atoms with Crippen LogP contribution in [0.2, 0.25) is 14.8 Å². The minimum absolute atomic E-state index is 0.165. The van der Waals surface area contributed by atoms with E-state index in [0.29, 0.717) is 0 Å². The van der Waals surface area contributed by atoms with Crippen LogP contribution in [0.25, 0.3) is 0 Å². The third-order valence-corrected chi connectivity index (χ3v) is 6.66. The molecule has 1 aromatic heterocycles. The Kier molecular flexibility index (Phi) is 2.52. The second kappa shape index (κ2) is 3.09. The van der Waals surface area contributed by atoms with Gasteiger partial charge in [-0.05, 0) is 0 Å². The van der Waals surface area contributed by atoms with Gasteiger partial charge in [-0.3, -0.25) is 0 Å². The molecule has 0 unspecified atom stereocenters. The predicted octanol–water partition coefficient (Wildman–Crippen LogP) is 1.77. The topological polar surface area (TPSA) is 12.9 Å². The van der Waals surface area contributed by atoms with Crippen LogP contribution in [0.4, 0.5) is 4.39 Å². The van der Waals surface area contributed by atoms with Gasteiger partial charge in [0.2, 0.25) is 0 Å². The Hall–Kier alpha value is -0.121. The summed E-state index contributed by atoms with van der Waals surface area (Å²) in [5.74, 6) is -0.165. The second-order valence-corrected chi connectivity index (χ2v) is 17.9. The fraction of sp³-hybridized carbons (Fsp3) is 0.375. The molecule has 0 aliphatic rings. The molecule has 0 fully saturated rings. The van der Waals surface area contributed by atoms with Gasteiger partial charge in [-0.15, -0.1) is 0 Å². The molecule has 1 rings (SSSR count). The van der Waals surface area contributed by atoms with Crippen LogP contribution < -0.4 is 3.71 Å². The molecule has 3 heteroatoms. The Labute approximate surface area is 70.5 Å². The van der Waals surface area contributed by atoms with Crippen LogP contribution in [-0.2, 0) is 0 Å². The molecule has 1 heterocycles. The molecule has 1 nitrogen and oxygen atoms in total. The third kappa shape index (κ3) is 2.43. The molecule has 1 aromatic rings. The standard InChI is InChI=1S/C5H3FN.3CH3.Sn/c6-5-1-3-7-4-2-5;;;;/h1-3H;3*1H3;. The van der Waals surface area contributed by atoms with E-state index in [0.717, 1.165) is 3.71 Å². The minimum atomic E-state index is -2.11. The summed E-state index contributed by atoms with van der Waals surface area (Å²) < 4.78 is 13.7. The van der Waals surface area contributed by atoms with Gasteiger partial charge in [-0.2, -0.15) is 0 Å². The number of rotatable bonds is 1. The summed E-state index contributed by atoms with van der Waals surface area (Å²) in [6.45, 7) is 0. The zero-order valence-corrected chi connectivity index (χ0v) is 9.91. The summed E-state index contributed by atoms with van der Waals surface area (Å²) in [7, 11) is 0. The van der Waals surface area contributed by atoms with E-state index in [9.17, 15) is 4.39 Å². The summed E-state index contributed by atoms with van der Waals surface area (Å²) in [4.78, 5) is 10.8. The van der Waals surface area contributed by atoms with Gasteiger partial charge >= 0.3 is 70.4 Å². The number of aromatic nitrogens is 1. The predicted molar refractivity (Wildman–Crippen MR) is 47.2 cm³/mol. The number of pyridine rings is 1. The fourth-order valence-corrected chi connectivity index (χ4v) is 3.76. The van der Waals surface area contributed by atoms with Crippen molar-refractivity contribution in [3.05, 3.63) is 24.1 Å². The van der Waals surface area contributed by atoms with Crippen LogP contribution in [0, 0.1) is 5.82 Å². The molecule has 0 spiro atoms. The van der Waals surface area contributed by atoms with Crippen molar-refractivity contribution in [2.24, 2.45) is 0 Å². The normalized spacial score (nSPS) is 11.6. The molecule has 0 radical (unpaired) electrons. The van der Waals surface area contributed by atoms with E-state index in [1.54, 1.807) is 12.3 Å². The van der Waals surface area contributed by atoms with Crippen molar-refractivity contribution in [3.63, 3.8) is 0 Å². The molecule has 0 saturated heterocycles. The summed E-state index contributed by atoms with van der Waals surface area (Å²) in [6.07, 6.45) is 1.55. The van der Waals surface area contributed by atoms with Gasteiger partial charge in [0.15, 0.2) is 0 Å². The molecule has 0 aliphatic heterocycles. The first kappa shape index (κ1) is 8.97. The van der Waals surface area contributed by atoms with Gasteiger partial charge < -0.3 is 0 Å². The molecule has 11 heavy (non-hydrogen) atoms. The Morgan fingerprint density at radius 1 is 1.36 bits per heavy atom. The van der Waals surface area contributed by atoms with Crippen molar-refractivity contribution in [2.45, 2.75) is 14.8 Å². The van der Waals surface area contributed by atoms with Crippen molar-refractivity contribution in [2.75, 3.05) is 0 Å². The van der Waals surface area contributed by atoms with Gasteiger partial charge in [0.1, 0.15) is 0 Å². The van der Waals surface area contributed by atoms with E-state index in [2.05, 4.69) is 19.8 Å². The Morgan fingerprint density at radius 2 is 2.00 bits per heavy atom. The number of nitrogens with zero attached hydrogens (tertiary/aromatic N) is 1. The zero-order valence-electron chi connectivity index (χ0n) is 7.06. The van der Waals surface area contributed by atoms with Gasteiger partial charge in [0.25, 0.3) is 0 Å².